The summed E-state index contributed by atoms with van der Waals surface area (Å²) in [4.78, 5) is 45.2. The van der Waals surface area contributed by atoms with Gasteiger partial charge in [0.2, 0.25) is 11.8 Å². The lowest BCUT2D eigenvalue weighted by Gasteiger charge is -2.21. The Balaban J connectivity index is 3.99. The summed E-state index contributed by atoms with van der Waals surface area (Å²) in [6.07, 6.45) is 5.90. The van der Waals surface area contributed by atoms with Crippen LogP contribution in [0.2, 0.25) is 0 Å². The van der Waals surface area contributed by atoms with Crippen LogP contribution >= 0.6 is 0 Å². The average molecular weight is 418 g/mol. The minimum atomic E-state index is -2.69. The third kappa shape index (κ3) is 12.8. The molecule has 0 radical (unpaired) electrons. The Kier molecular flexibility index (Phi) is 13.6. The summed E-state index contributed by atoms with van der Waals surface area (Å²) in [5.74, 6) is -4.58. The monoisotopic (exact) mass is 418 g/mol. The van der Waals surface area contributed by atoms with Crippen LogP contribution in [0.5, 0.6) is 0 Å². The van der Waals surface area contributed by atoms with Gasteiger partial charge in [0.05, 0.1) is 19.4 Å². The maximum absolute atomic E-state index is 11.8. The van der Waals surface area contributed by atoms with Crippen LogP contribution in [0.3, 0.4) is 0 Å². The Morgan fingerprint density at radius 2 is 1.48 bits per heavy atom. The van der Waals surface area contributed by atoms with Crippen molar-refractivity contribution in [3.05, 3.63) is 0 Å². The lowest BCUT2D eigenvalue weighted by Crippen LogP contribution is -2.45. The van der Waals surface area contributed by atoms with Gasteiger partial charge in [-0.1, -0.05) is 45.4 Å². The molecule has 0 spiro atoms. The molecule has 10 nitrogen and oxygen atoms in total. The Morgan fingerprint density at radius 1 is 0.897 bits per heavy atom. The smallest absolute Gasteiger partial charge is 0.336 e. The topological polar surface area (TPSA) is 164 Å². The normalized spacial score (nSPS) is 12.8. The van der Waals surface area contributed by atoms with Gasteiger partial charge in [-0.05, 0) is 12.8 Å². The Morgan fingerprint density at radius 3 is 2.03 bits per heavy atom. The highest BCUT2D eigenvalue weighted by atomic mass is 16.5. The van der Waals surface area contributed by atoms with Gasteiger partial charge in [-0.25, -0.2) is 9.86 Å². The van der Waals surface area contributed by atoms with Crippen LogP contribution in [0.4, 0.5) is 0 Å². The zero-order valence-corrected chi connectivity index (χ0v) is 17.1. The van der Waals surface area contributed by atoms with Gasteiger partial charge in [0.1, 0.15) is 0 Å². The second kappa shape index (κ2) is 14.7. The third-order valence-electron chi connectivity index (χ3n) is 4.45. The minimum Gasteiger partial charge on any atom is -0.481 e. The summed E-state index contributed by atoms with van der Waals surface area (Å²) in [6.45, 7) is 2.17. The molecule has 1 atom stereocenters. The van der Waals surface area contributed by atoms with Crippen molar-refractivity contribution in [2.75, 3.05) is 13.1 Å². The average Bonchev–Trinajstić information content (AvgIpc) is 2.63. The molecule has 0 rings (SSSR count). The predicted molar refractivity (Wildman–Crippen MR) is 103 cm³/mol. The molecule has 1 unspecified atom stereocenters. The number of hydrogen-bond acceptors (Lipinski definition) is 6. The second-order valence-corrected chi connectivity index (χ2v) is 7.18. The van der Waals surface area contributed by atoms with Gasteiger partial charge in [0, 0.05) is 13.0 Å². The predicted octanol–water partition coefficient (Wildman–Crippen LogP) is 1.53. The van der Waals surface area contributed by atoms with Crippen LogP contribution < -0.4 is 5.32 Å². The molecular weight excluding hydrogens is 384 g/mol. The van der Waals surface area contributed by atoms with E-state index in [-0.39, 0.29) is 25.9 Å². The number of aliphatic hydroxyl groups is 1. The fourth-order valence-corrected chi connectivity index (χ4v) is 2.74. The first kappa shape index (κ1) is 26.8. The van der Waals surface area contributed by atoms with E-state index in [1.54, 1.807) is 0 Å². The first-order valence-electron chi connectivity index (χ1n) is 10.1. The Hall–Kier alpha value is -2.20. The van der Waals surface area contributed by atoms with Crippen molar-refractivity contribution in [2.24, 2.45) is 0 Å². The van der Waals surface area contributed by atoms with Crippen molar-refractivity contribution in [1.29, 1.82) is 0 Å². The lowest BCUT2D eigenvalue weighted by molar-refractivity contribution is -0.167. The number of hydroxylamine groups is 2. The largest absolute Gasteiger partial charge is 0.481 e. The summed E-state index contributed by atoms with van der Waals surface area (Å²) < 4.78 is 0. The number of carbonyl (C=O) groups excluding carboxylic acids is 2. The SMILES string of the molecule is CCCCCCCCCC(=O)N(O)CCCNC(=O)CC(O)(CC(=O)O)C(=O)O. The van der Waals surface area contributed by atoms with E-state index in [4.69, 9.17) is 10.2 Å². The number of nitrogens with one attached hydrogen (secondary N) is 1. The quantitative estimate of drug-likeness (QED) is 0.135. The molecule has 29 heavy (non-hydrogen) atoms. The highest BCUT2D eigenvalue weighted by Crippen LogP contribution is 2.16. The maximum atomic E-state index is 11.8. The van der Waals surface area contributed by atoms with Crippen molar-refractivity contribution < 1.29 is 39.7 Å². The number of carboxylic acid groups (broad SMARTS) is 2. The van der Waals surface area contributed by atoms with E-state index in [9.17, 15) is 29.5 Å². The highest BCUT2D eigenvalue weighted by Gasteiger charge is 2.40. The molecule has 0 saturated carbocycles. The number of carboxylic acids is 2. The highest BCUT2D eigenvalue weighted by molar-refractivity contribution is 5.90. The van der Waals surface area contributed by atoms with Crippen LogP contribution in [0.25, 0.3) is 0 Å². The molecule has 2 amide bonds. The molecular formula is C19H34N2O8. The van der Waals surface area contributed by atoms with Crippen LogP contribution in [0, 0.1) is 0 Å². The van der Waals surface area contributed by atoms with Crippen molar-refractivity contribution in [3.63, 3.8) is 0 Å². The molecule has 168 valence electrons. The van der Waals surface area contributed by atoms with Crippen molar-refractivity contribution >= 4 is 23.8 Å². The number of amides is 2. The number of hydrogen-bond donors (Lipinski definition) is 5. The van der Waals surface area contributed by atoms with Gasteiger partial charge in [0.25, 0.3) is 0 Å². The van der Waals surface area contributed by atoms with E-state index >= 15 is 0 Å². The molecule has 5 N–H and O–H groups in total. The summed E-state index contributed by atoms with van der Waals surface area (Å²) >= 11 is 0. The first-order valence-corrected chi connectivity index (χ1v) is 10.1. The molecule has 0 aromatic heterocycles. The van der Waals surface area contributed by atoms with Gasteiger partial charge in [-0.2, -0.15) is 0 Å². The van der Waals surface area contributed by atoms with Crippen molar-refractivity contribution in [3.8, 4) is 0 Å². The molecule has 0 aliphatic carbocycles. The van der Waals surface area contributed by atoms with Crippen LogP contribution in [-0.4, -0.2) is 68.0 Å². The number of rotatable bonds is 17. The summed E-state index contributed by atoms with van der Waals surface area (Å²) in [5, 5.41) is 40.0. The van der Waals surface area contributed by atoms with Crippen LogP contribution in [0.1, 0.15) is 77.6 Å². The van der Waals surface area contributed by atoms with Gasteiger partial charge >= 0.3 is 11.9 Å². The van der Waals surface area contributed by atoms with Gasteiger partial charge in [-0.3, -0.25) is 19.6 Å². The number of aliphatic carboxylic acids is 2. The van der Waals surface area contributed by atoms with E-state index < -0.39 is 42.2 Å². The molecule has 10 heteroatoms. The maximum Gasteiger partial charge on any atom is 0.336 e. The number of unbranched alkanes of at least 4 members (excludes halogenated alkanes) is 6. The minimum absolute atomic E-state index is 0.00601. The van der Waals surface area contributed by atoms with E-state index in [0.717, 1.165) is 19.3 Å². The van der Waals surface area contributed by atoms with Crippen molar-refractivity contribution in [2.45, 2.75) is 83.2 Å². The van der Waals surface area contributed by atoms with E-state index in [1.165, 1.54) is 19.3 Å². The van der Waals surface area contributed by atoms with Crippen molar-refractivity contribution in [1.82, 2.24) is 10.4 Å². The fraction of sp³-hybridized carbons (Fsp3) is 0.789. The third-order valence-corrected chi connectivity index (χ3v) is 4.45. The molecule has 0 aromatic carbocycles. The van der Waals surface area contributed by atoms with Crippen LogP contribution in [0.15, 0.2) is 0 Å². The molecule has 0 heterocycles. The molecule has 0 saturated heterocycles. The van der Waals surface area contributed by atoms with E-state index in [0.29, 0.717) is 11.5 Å². The van der Waals surface area contributed by atoms with Gasteiger partial charge in [0.15, 0.2) is 5.60 Å². The molecule has 0 aliphatic heterocycles. The van der Waals surface area contributed by atoms with Gasteiger partial charge in [-0.15, -0.1) is 0 Å². The standard InChI is InChI=1S/C19H34N2O8/c1-2-3-4-5-6-7-8-10-16(23)21(29)12-9-11-20-15(22)13-19(28,18(26)27)14-17(24)25/h28-29H,2-14H2,1H3,(H,20,22)(H,24,25)(H,26,27). The fourth-order valence-electron chi connectivity index (χ4n) is 2.74. The molecule has 0 bridgehead atoms. The Labute approximate surface area is 170 Å². The van der Waals surface area contributed by atoms with Crippen LogP contribution in [-0.2, 0) is 19.2 Å². The van der Waals surface area contributed by atoms with Gasteiger partial charge < -0.3 is 20.6 Å². The second-order valence-electron chi connectivity index (χ2n) is 7.18. The Bertz CT molecular complexity index is 540. The zero-order valence-electron chi connectivity index (χ0n) is 17.1. The van der Waals surface area contributed by atoms with E-state index in [2.05, 4.69) is 12.2 Å². The molecule has 0 fully saturated rings. The molecule has 0 aliphatic rings. The number of carbonyl (C=O) groups is 4. The summed E-state index contributed by atoms with van der Waals surface area (Å²) in [7, 11) is 0. The zero-order chi connectivity index (χ0) is 22.3. The molecule has 0 aromatic rings. The van der Waals surface area contributed by atoms with E-state index in [1.807, 2.05) is 0 Å². The summed E-state index contributed by atoms with van der Waals surface area (Å²) in [5.41, 5.74) is -2.69. The number of nitrogens with zero attached hydrogens (tertiary/aromatic N) is 1. The summed E-state index contributed by atoms with van der Waals surface area (Å²) in [6, 6.07) is 0. The first-order chi connectivity index (χ1) is 13.6. The lowest BCUT2D eigenvalue weighted by atomic mass is 9.95.